The third-order valence-electron chi connectivity index (χ3n) is 4.07. The molecule has 1 atom stereocenters. The van der Waals surface area contributed by atoms with Crippen molar-refractivity contribution in [1.29, 1.82) is 0 Å². The number of carbonyl (C=O) groups is 1. The van der Waals surface area contributed by atoms with Crippen molar-refractivity contribution in [2.45, 2.75) is 30.8 Å². The minimum atomic E-state index is -0.309. The number of ether oxygens (including phenoxy) is 1. The van der Waals surface area contributed by atoms with Gasteiger partial charge in [-0.15, -0.1) is 16.8 Å². The predicted molar refractivity (Wildman–Crippen MR) is 111 cm³/mol. The molecule has 7 heteroatoms. The Kier molecular flexibility index (Phi) is 6.60. The summed E-state index contributed by atoms with van der Waals surface area (Å²) in [4.78, 5) is 16.9. The van der Waals surface area contributed by atoms with E-state index in [4.69, 9.17) is 4.74 Å². The smallest absolute Gasteiger partial charge is 0.192 e. The van der Waals surface area contributed by atoms with Crippen LogP contribution in [0.5, 0.6) is 5.75 Å². The highest BCUT2D eigenvalue weighted by Gasteiger charge is 2.21. The molecule has 0 aliphatic heterocycles. The first-order valence-corrected chi connectivity index (χ1v) is 9.90. The largest absolute Gasteiger partial charge is 0.494 e. The van der Waals surface area contributed by atoms with Gasteiger partial charge in [0.25, 0.3) is 0 Å². The number of benzene rings is 1. The van der Waals surface area contributed by atoms with Crippen LogP contribution in [-0.4, -0.2) is 37.4 Å². The van der Waals surface area contributed by atoms with Gasteiger partial charge in [0.15, 0.2) is 16.8 Å². The summed E-state index contributed by atoms with van der Waals surface area (Å²) >= 11 is 1.39. The van der Waals surface area contributed by atoms with E-state index in [9.17, 15) is 4.79 Å². The summed E-state index contributed by atoms with van der Waals surface area (Å²) in [6.45, 7) is 8.77. The van der Waals surface area contributed by atoms with Crippen molar-refractivity contribution in [3.8, 4) is 17.1 Å². The monoisotopic (exact) mass is 394 g/mol. The standard InChI is InChI=1S/C21H22N4O2S/c1-4-14-25-20(17-10-12-22-13-11-17)23-24-21(25)28-15(3)19(26)16-6-8-18(9-7-16)27-5-2/h4,6-13,15H,1,5,14H2,2-3H3/t15-/m0/s1. The molecule has 0 radical (unpaired) electrons. The van der Waals surface area contributed by atoms with Gasteiger partial charge >= 0.3 is 0 Å². The van der Waals surface area contributed by atoms with E-state index in [0.717, 1.165) is 17.1 Å². The molecule has 0 N–H and O–H groups in total. The topological polar surface area (TPSA) is 69.9 Å². The summed E-state index contributed by atoms with van der Waals surface area (Å²) in [6, 6.07) is 11.0. The van der Waals surface area contributed by atoms with E-state index in [1.54, 1.807) is 30.6 Å². The molecule has 0 saturated heterocycles. The minimum absolute atomic E-state index is 0.0339. The average Bonchev–Trinajstić information content (AvgIpc) is 3.11. The molecule has 0 aliphatic carbocycles. The number of Topliss-reactive ketones (excluding diaryl/α,β-unsaturated/α-hetero) is 1. The molecule has 6 nitrogen and oxygen atoms in total. The lowest BCUT2D eigenvalue weighted by Crippen LogP contribution is -2.15. The van der Waals surface area contributed by atoms with Crippen LogP contribution in [0.4, 0.5) is 0 Å². The number of pyridine rings is 1. The fourth-order valence-electron chi connectivity index (χ4n) is 2.71. The van der Waals surface area contributed by atoms with Crippen LogP contribution in [0.2, 0.25) is 0 Å². The Bertz CT molecular complexity index is 939. The second-order valence-corrected chi connectivity index (χ2v) is 7.33. The van der Waals surface area contributed by atoms with E-state index in [-0.39, 0.29) is 11.0 Å². The van der Waals surface area contributed by atoms with E-state index in [1.165, 1.54) is 11.8 Å². The SMILES string of the molecule is C=CCn1c(S[C@@H](C)C(=O)c2ccc(OCC)cc2)nnc1-c1ccncc1. The van der Waals surface area contributed by atoms with Crippen LogP contribution in [0, 0.1) is 0 Å². The van der Waals surface area contributed by atoms with Crippen molar-refractivity contribution in [2.24, 2.45) is 0 Å². The fraction of sp³-hybridized carbons (Fsp3) is 0.238. The van der Waals surface area contributed by atoms with Crippen LogP contribution in [0.25, 0.3) is 11.4 Å². The lowest BCUT2D eigenvalue weighted by atomic mass is 10.1. The molecular formula is C21H22N4O2S. The first-order valence-electron chi connectivity index (χ1n) is 9.02. The lowest BCUT2D eigenvalue weighted by molar-refractivity contribution is 0.0994. The van der Waals surface area contributed by atoms with Gasteiger partial charge in [0.2, 0.25) is 0 Å². The number of rotatable bonds is 9. The summed E-state index contributed by atoms with van der Waals surface area (Å²) < 4.78 is 7.39. The van der Waals surface area contributed by atoms with Crippen LogP contribution in [-0.2, 0) is 6.54 Å². The summed E-state index contributed by atoms with van der Waals surface area (Å²) in [5, 5.41) is 8.98. The third-order valence-corrected chi connectivity index (χ3v) is 5.15. The number of carbonyl (C=O) groups excluding carboxylic acids is 1. The molecule has 1 aromatic carbocycles. The highest BCUT2D eigenvalue weighted by atomic mass is 32.2. The molecule has 0 spiro atoms. The van der Waals surface area contributed by atoms with Crippen molar-refractivity contribution in [3.05, 3.63) is 67.0 Å². The molecule has 0 bridgehead atoms. The summed E-state index contributed by atoms with van der Waals surface area (Å²) in [7, 11) is 0. The molecule has 3 rings (SSSR count). The zero-order chi connectivity index (χ0) is 19.9. The van der Waals surface area contributed by atoms with Gasteiger partial charge in [-0.1, -0.05) is 17.8 Å². The van der Waals surface area contributed by atoms with Gasteiger partial charge < -0.3 is 4.74 Å². The van der Waals surface area contributed by atoms with Crippen LogP contribution in [0.1, 0.15) is 24.2 Å². The molecule has 0 fully saturated rings. The molecular weight excluding hydrogens is 372 g/mol. The normalized spacial score (nSPS) is 11.8. The quantitative estimate of drug-likeness (QED) is 0.306. The number of hydrogen-bond acceptors (Lipinski definition) is 6. The number of thioether (sulfide) groups is 1. The van der Waals surface area contributed by atoms with Crippen molar-refractivity contribution in [1.82, 2.24) is 19.7 Å². The average molecular weight is 395 g/mol. The molecule has 28 heavy (non-hydrogen) atoms. The Balaban J connectivity index is 1.79. The number of allylic oxidation sites excluding steroid dienone is 1. The Morgan fingerprint density at radius 1 is 1.21 bits per heavy atom. The van der Waals surface area contributed by atoms with Crippen molar-refractivity contribution in [2.75, 3.05) is 6.61 Å². The Morgan fingerprint density at radius 3 is 2.57 bits per heavy atom. The fourth-order valence-corrected chi connectivity index (χ4v) is 3.65. The molecule has 0 unspecified atom stereocenters. The van der Waals surface area contributed by atoms with Gasteiger partial charge in [0, 0.05) is 30.1 Å². The van der Waals surface area contributed by atoms with Gasteiger partial charge in [-0.25, -0.2) is 0 Å². The maximum atomic E-state index is 12.8. The van der Waals surface area contributed by atoms with Gasteiger partial charge in [-0.05, 0) is 50.2 Å². The van der Waals surface area contributed by atoms with Gasteiger partial charge in [0.1, 0.15) is 5.75 Å². The van der Waals surface area contributed by atoms with Crippen LogP contribution < -0.4 is 4.74 Å². The maximum Gasteiger partial charge on any atom is 0.192 e. The molecule has 0 saturated carbocycles. The second-order valence-electron chi connectivity index (χ2n) is 6.02. The Hall–Kier alpha value is -2.93. The zero-order valence-corrected chi connectivity index (χ0v) is 16.7. The number of aromatic nitrogens is 4. The summed E-state index contributed by atoms with van der Waals surface area (Å²) in [5.74, 6) is 1.52. The maximum absolute atomic E-state index is 12.8. The van der Waals surface area contributed by atoms with Crippen LogP contribution >= 0.6 is 11.8 Å². The molecule has 144 valence electrons. The number of hydrogen-bond donors (Lipinski definition) is 0. The van der Waals surface area contributed by atoms with Gasteiger partial charge in [-0.3, -0.25) is 14.3 Å². The number of nitrogens with zero attached hydrogens (tertiary/aromatic N) is 4. The predicted octanol–water partition coefficient (Wildman–Crippen LogP) is 4.29. The molecule has 3 aromatic rings. The summed E-state index contributed by atoms with van der Waals surface area (Å²) in [5.41, 5.74) is 1.56. The van der Waals surface area contributed by atoms with E-state index in [0.29, 0.717) is 23.9 Å². The first kappa shape index (κ1) is 19.8. The first-order chi connectivity index (χ1) is 13.6. The minimum Gasteiger partial charge on any atom is -0.494 e. The van der Waals surface area contributed by atoms with Crippen LogP contribution in [0.15, 0.2) is 66.6 Å². The number of ketones is 1. The Morgan fingerprint density at radius 2 is 1.93 bits per heavy atom. The van der Waals surface area contributed by atoms with E-state index in [2.05, 4.69) is 21.8 Å². The highest BCUT2D eigenvalue weighted by molar-refractivity contribution is 8.00. The summed E-state index contributed by atoms with van der Waals surface area (Å²) in [6.07, 6.45) is 5.22. The Labute approximate surface area is 168 Å². The van der Waals surface area contributed by atoms with Gasteiger partial charge in [0.05, 0.1) is 11.9 Å². The lowest BCUT2D eigenvalue weighted by Gasteiger charge is -2.12. The molecule has 0 aliphatic rings. The van der Waals surface area contributed by atoms with Gasteiger partial charge in [-0.2, -0.15) is 0 Å². The molecule has 2 heterocycles. The molecule has 0 amide bonds. The van der Waals surface area contributed by atoms with Crippen LogP contribution in [0.3, 0.4) is 0 Å². The molecule has 2 aromatic heterocycles. The van der Waals surface area contributed by atoms with Crippen molar-refractivity contribution >= 4 is 17.5 Å². The van der Waals surface area contributed by atoms with Crippen molar-refractivity contribution < 1.29 is 9.53 Å². The zero-order valence-electron chi connectivity index (χ0n) is 15.9. The van der Waals surface area contributed by atoms with E-state index < -0.39 is 0 Å². The highest BCUT2D eigenvalue weighted by Crippen LogP contribution is 2.28. The van der Waals surface area contributed by atoms with Crippen molar-refractivity contribution in [3.63, 3.8) is 0 Å². The van der Waals surface area contributed by atoms with E-state index in [1.807, 2.05) is 42.7 Å². The third kappa shape index (κ3) is 4.48. The second kappa shape index (κ2) is 9.32. The van der Waals surface area contributed by atoms with E-state index >= 15 is 0 Å².